The average molecular weight is 304 g/mol. The summed E-state index contributed by atoms with van der Waals surface area (Å²) in [6, 6.07) is 0.211. The number of fused-ring (bicyclic) bond motifs is 1. The minimum absolute atomic E-state index is 0.104. The second kappa shape index (κ2) is 4.94. The van der Waals surface area contributed by atoms with E-state index in [1.807, 2.05) is 20.8 Å². The van der Waals surface area contributed by atoms with Gasteiger partial charge in [-0.25, -0.2) is 9.97 Å². The third-order valence-electron chi connectivity index (χ3n) is 3.71. The van der Waals surface area contributed by atoms with Crippen LogP contribution in [0.15, 0.2) is 11.7 Å². The van der Waals surface area contributed by atoms with Crippen LogP contribution < -0.4 is 10.2 Å². The molecule has 0 aliphatic carbocycles. The van der Waals surface area contributed by atoms with Gasteiger partial charge in [-0.1, -0.05) is 20.8 Å². The van der Waals surface area contributed by atoms with Gasteiger partial charge in [0.25, 0.3) is 0 Å². The number of nitrogens with zero attached hydrogens (tertiary/aromatic N) is 3. The van der Waals surface area contributed by atoms with Crippen LogP contribution in [0, 0.1) is 12.3 Å². The molecule has 0 saturated carbocycles. The summed E-state index contributed by atoms with van der Waals surface area (Å²) in [5, 5.41) is 5.20. The van der Waals surface area contributed by atoms with Crippen LogP contribution in [-0.4, -0.2) is 35.0 Å². The van der Waals surface area contributed by atoms with Gasteiger partial charge in [0.1, 0.15) is 12.1 Å². The maximum Gasteiger partial charge on any atom is 0.225 e. The Morgan fingerprint density at radius 3 is 2.76 bits per heavy atom. The van der Waals surface area contributed by atoms with E-state index in [4.69, 9.17) is 0 Å². The van der Waals surface area contributed by atoms with Gasteiger partial charge in [-0.3, -0.25) is 4.79 Å². The minimum atomic E-state index is -0.340. The summed E-state index contributed by atoms with van der Waals surface area (Å²) >= 11 is 1.68. The number of rotatable bonds is 2. The molecule has 1 aliphatic rings. The second-order valence-corrected chi connectivity index (χ2v) is 7.50. The van der Waals surface area contributed by atoms with E-state index in [2.05, 4.69) is 32.5 Å². The van der Waals surface area contributed by atoms with Crippen LogP contribution in [0.2, 0.25) is 0 Å². The molecule has 0 atom stereocenters. The van der Waals surface area contributed by atoms with Gasteiger partial charge in [0.05, 0.1) is 16.3 Å². The highest BCUT2D eigenvalue weighted by atomic mass is 32.1. The molecule has 1 N–H and O–H groups in total. The summed E-state index contributed by atoms with van der Waals surface area (Å²) < 4.78 is 1.13. The van der Waals surface area contributed by atoms with Gasteiger partial charge in [-0.2, -0.15) is 0 Å². The summed E-state index contributed by atoms with van der Waals surface area (Å²) in [7, 11) is 0. The van der Waals surface area contributed by atoms with Crippen LogP contribution in [-0.2, 0) is 4.79 Å². The van der Waals surface area contributed by atoms with Crippen LogP contribution in [0.1, 0.15) is 26.3 Å². The molecule has 1 saturated heterocycles. The number of aryl methyl sites for hydroxylation is 1. The van der Waals surface area contributed by atoms with Crippen molar-refractivity contribution in [1.82, 2.24) is 15.3 Å². The predicted molar refractivity (Wildman–Crippen MR) is 85.8 cm³/mol. The van der Waals surface area contributed by atoms with Crippen LogP contribution in [0.5, 0.6) is 0 Å². The van der Waals surface area contributed by atoms with Gasteiger partial charge in [-0.15, -0.1) is 11.3 Å². The predicted octanol–water partition coefficient (Wildman–Crippen LogP) is 2.35. The number of nitrogens with one attached hydrogen (secondary N) is 1. The lowest BCUT2D eigenvalue weighted by atomic mass is 9.94. The fourth-order valence-corrected chi connectivity index (χ4v) is 3.35. The van der Waals surface area contributed by atoms with Gasteiger partial charge < -0.3 is 10.2 Å². The first kappa shape index (κ1) is 14.3. The van der Waals surface area contributed by atoms with E-state index in [0.717, 1.165) is 29.1 Å². The Hall–Kier alpha value is -1.69. The van der Waals surface area contributed by atoms with Crippen LogP contribution in [0.4, 0.5) is 5.82 Å². The smallest absolute Gasteiger partial charge is 0.225 e. The highest BCUT2D eigenvalue weighted by Gasteiger charge is 2.33. The van der Waals surface area contributed by atoms with E-state index in [9.17, 15) is 4.79 Å². The Morgan fingerprint density at radius 2 is 2.10 bits per heavy atom. The van der Waals surface area contributed by atoms with E-state index < -0.39 is 0 Å². The lowest BCUT2D eigenvalue weighted by molar-refractivity contribution is -0.129. The van der Waals surface area contributed by atoms with Gasteiger partial charge in [0.2, 0.25) is 5.91 Å². The maximum absolute atomic E-state index is 12.0. The highest BCUT2D eigenvalue weighted by molar-refractivity contribution is 7.18. The summed E-state index contributed by atoms with van der Waals surface area (Å²) in [5.41, 5.74) is 1.89. The number of hydrogen-bond donors (Lipinski definition) is 1. The molecular formula is C15H20N4OS. The lowest BCUT2D eigenvalue weighted by Crippen LogP contribution is -2.61. The molecule has 2 aromatic rings. The fraction of sp³-hybridized carbons (Fsp3) is 0.533. The molecule has 0 unspecified atom stereocenters. The fourth-order valence-electron chi connectivity index (χ4n) is 2.33. The first-order valence-electron chi connectivity index (χ1n) is 7.11. The second-order valence-electron chi connectivity index (χ2n) is 6.62. The quantitative estimate of drug-likeness (QED) is 0.925. The minimum Gasteiger partial charge on any atom is -0.351 e. The molecule has 0 bridgehead atoms. The van der Waals surface area contributed by atoms with Gasteiger partial charge in [-0.05, 0) is 17.9 Å². The Balaban J connectivity index is 1.70. The molecule has 0 aromatic carbocycles. The van der Waals surface area contributed by atoms with Crippen LogP contribution >= 0.6 is 11.3 Å². The molecule has 21 heavy (non-hydrogen) atoms. The number of carbonyl (C=O) groups excluding carboxylic acids is 1. The third kappa shape index (κ3) is 2.60. The van der Waals surface area contributed by atoms with Crippen LogP contribution in [0.25, 0.3) is 10.2 Å². The molecule has 3 heterocycles. The highest BCUT2D eigenvalue weighted by Crippen LogP contribution is 2.32. The largest absolute Gasteiger partial charge is 0.351 e. The monoisotopic (exact) mass is 304 g/mol. The molecular weight excluding hydrogens is 284 g/mol. The van der Waals surface area contributed by atoms with Gasteiger partial charge >= 0.3 is 0 Å². The van der Waals surface area contributed by atoms with Crippen molar-refractivity contribution in [3.63, 3.8) is 0 Å². The van der Waals surface area contributed by atoms with E-state index >= 15 is 0 Å². The van der Waals surface area contributed by atoms with E-state index in [1.54, 1.807) is 17.7 Å². The molecule has 5 nitrogen and oxygen atoms in total. The Kier molecular flexibility index (Phi) is 3.36. The van der Waals surface area contributed by atoms with Gasteiger partial charge in [0, 0.05) is 18.5 Å². The van der Waals surface area contributed by atoms with Crippen molar-refractivity contribution in [2.45, 2.75) is 33.7 Å². The number of amides is 1. The topological polar surface area (TPSA) is 58.1 Å². The molecule has 6 heteroatoms. The molecule has 112 valence electrons. The van der Waals surface area contributed by atoms with Crippen molar-refractivity contribution in [2.75, 3.05) is 18.0 Å². The summed E-state index contributed by atoms with van der Waals surface area (Å²) in [6.07, 6.45) is 1.62. The third-order valence-corrected chi connectivity index (χ3v) is 4.79. The maximum atomic E-state index is 12.0. The van der Waals surface area contributed by atoms with Crippen molar-refractivity contribution >= 4 is 33.3 Å². The average Bonchev–Trinajstić information content (AvgIpc) is 2.74. The Labute approximate surface area is 128 Å². The number of carbonyl (C=O) groups is 1. The number of aromatic nitrogens is 2. The normalized spacial score (nSPS) is 16.1. The zero-order chi connectivity index (χ0) is 15.2. The van der Waals surface area contributed by atoms with Crippen molar-refractivity contribution in [1.29, 1.82) is 0 Å². The molecule has 0 spiro atoms. The molecule has 1 aliphatic heterocycles. The number of thiophene rings is 1. The molecule has 3 rings (SSSR count). The molecule has 2 aromatic heterocycles. The van der Waals surface area contributed by atoms with Crippen molar-refractivity contribution in [2.24, 2.45) is 5.41 Å². The zero-order valence-corrected chi connectivity index (χ0v) is 13.6. The van der Waals surface area contributed by atoms with E-state index in [-0.39, 0.29) is 17.4 Å². The SMILES string of the molecule is Cc1csc2c(N3CC(NC(=O)C(C)(C)C)C3)ncnc12. The number of hydrogen-bond acceptors (Lipinski definition) is 5. The summed E-state index contributed by atoms with van der Waals surface area (Å²) in [6.45, 7) is 9.48. The van der Waals surface area contributed by atoms with Crippen molar-refractivity contribution < 1.29 is 4.79 Å². The first-order chi connectivity index (χ1) is 9.86. The standard InChI is InChI=1S/C15H20N4OS/c1-9-7-21-12-11(9)16-8-17-13(12)19-5-10(6-19)18-14(20)15(2,3)4/h7-8,10H,5-6H2,1-4H3,(H,18,20). The lowest BCUT2D eigenvalue weighted by Gasteiger charge is -2.41. The van der Waals surface area contributed by atoms with Crippen LogP contribution in [0.3, 0.4) is 0 Å². The van der Waals surface area contributed by atoms with Gasteiger partial charge in [0.15, 0.2) is 0 Å². The van der Waals surface area contributed by atoms with E-state index in [1.165, 1.54) is 5.56 Å². The Bertz CT molecular complexity index is 683. The molecule has 1 amide bonds. The van der Waals surface area contributed by atoms with E-state index in [0.29, 0.717) is 0 Å². The summed E-state index contributed by atoms with van der Waals surface area (Å²) in [4.78, 5) is 22.9. The van der Waals surface area contributed by atoms with Crippen molar-refractivity contribution in [3.05, 3.63) is 17.3 Å². The first-order valence-corrected chi connectivity index (χ1v) is 7.99. The van der Waals surface area contributed by atoms with Crippen molar-refractivity contribution in [3.8, 4) is 0 Å². The molecule has 1 fully saturated rings. The Morgan fingerprint density at radius 1 is 1.38 bits per heavy atom. The summed E-state index contributed by atoms with van der Waals surface area (Å²) in [5.74, 6) is 1.09. The zero-order valence-electron chi connectivity index (χ0n) is 12.8. The molecule has 0 radical (unpaired) electrons. The number of anilines is 1.